The highest BCUT2D eigenvalue weighted by atomic mass is 16.2. The molecule has 0 spiro atoms. The topological polar surface area (TPSA) is 79.3 Å². The Morgan fingerprint density at radius 2 is 2.30 bits per heavy atom. The highest BCUT2D eigenvalue weighted by Crippen LogP contribution is 2.30. The number of amides is 3. The fourth-order valence-corrected chi connectivity index (χ4v) is 2.52. The molecule has 2 heterocycles. The van der Waals surface area contributed by atoms with Crippen LogP contribution >= 0.6 is 0 Å². The minimum absolute atomic E-state index is 0.0932. The summed E-state index contributed by atoms with van der Waals surface area (Å²) in [6, 6.07) is 0.0422. The number of carbonyl (C=O) groups excluding carboxylic acids is 2. The lowest BCUT2D eigenvalue weighted by molar-refractivity contribution is -0.128. The summed E-state index contributed by atoms with van der Waals surface area (Å²) < 4.78 is 1.74. The van der Waals surface area contributed by atoms with Crippen LogP contribution in [0.5, 0.6) is 0 Å². The van der Waals surface area contributed by atoms with Crippen LogP contribution in [0, 0.1) is 0 Å². The summed E-state index contributed by atoms with van der Waals surface area (Å²) in [5.74, 6) is 0.150. The summed E-state index contributed by atoms with van der Waals surface area (Å²) in [4.78, 5) is 25.6. The number of urea groups is 1. The molecule has 1 saturated carbocycles. The molecule has 1 aromatic rings. The molecule has 7 nitrogen and oxygen atoms in total. The van der Waals surface area contributed by atoms with Crippen molar-refractivity contribution in [2.75, 3.05) is 11.9 Å². The van der Waals surface area contributed by atoms with Crippen molar-refractivity contribution in [3.05, 3.63) is 12.4 Å². The molecule has 1 unspecified atom stereocenters. The van der Waals surface area contributed by atoms with Crippen LogP contribution in [0.25, 0.3) is 0 Å². The number of anilines is 1. The SMILES string of the molecule is CCn1cc(NC(=O)NC2CC(=O)N(C3CC3)C2)cn1. The monoisotopic (exact) mass is 277 g/mol. The molecule has 1 saturated heterocycles. The first-order valence-electron chi connectivity index (χ1n) is 7.05. The summed E-state index contributed by atoms with van der Waals surface area (Å²) in [5.41, 5.74) is 0.660. The summed E-state index contributed by atoms with van der Waals surface area (Å²) in [7, 11) is 0. The predicted molar refractivity (Wildman–Crippen MR) is 73.2 cm³/mol. The molecule has 2 fully saturated rings. The molecule has 0 bridgehead atoms. The van der Waals surface area contributed by atoms with Crippen molar-refractivity contribution in [1.82, 2.24) is 20.0 Å². The third kappa shape index (κ3) is 2.76. The van der Waals surface area contributed by atoms with Gasteiger partial charge in [0.1, 0.15) is 0 Å². The van der Waals surface area contributed by atoms with Gasteiger partial charge in [-0.1, -0.05) is 0 Å². The lowest BCUT2D eigenvalue weighted by Crippen LogP contribution is -2.40. The van der Waals surface area contributed by atoms with Crippen LogP contribution in [0.4, 0.5) is 10.5 Å². The number of likely N-dealkylation sites (tertiary alicyclic amines) is 1. The van der Waals surface area contributed by atoms with Gasteiger partial charge in [-0.25, -0.2) is 4.79 Å². The van der Waals surface area contributed by atoms with Gasteiger partial charge in [0.15, 0.2) is 0 Å². The van der Waals surface area contributed by atoms with Crippen LogP contribution in [0.1, 0.15) is 26.2 Å². The second kappa shape index (κ2) is 5.15. The van der Waals surface area contributed by atoms with Gasteiger partial charge in [-0.05, 0) is 19.8 Å². The summed E-state index contributed by atoms with van der Waals surface area (Å²) in [6.07, 6.45) is 5.98. The fraction of sp³-hybridized carbons (Fsp3) is 0.615. The van der Waals surface area contributed by atoms with E-state index in [0.717, 1.165) is 19.4 Å². The van der Waals surface area contributed by atoms with E-state index in [-0.39, 0.29) is 18.0 Å². The van der Waals surface area contributed by atoms with E-state index >= 15 is 0 Å². The summed E-state index contributed by atoms with van der Waals surface area (Å²) in [6.45, 7) is 3.37. The van der Waals surface area contributed by atoms with Crippen molar-refractivity contribution in [3.8, 4) is 0 Å². The molecule has 20 heavy (non-hydrogen) atoms. The lowest BCUT2D eigenvalue weighted by atomic mass is 10.2. The van der Waals surface area contributed by atoms with Crippen molar-refractivity contribution in [2.24, 2.45) is 0 Å². The fourth-order valence-electron chi connectivity index (χ4n) is 2.52. The minimum atomic E-state index is -0.281. The average Bonchev–Trinajstić information content (AvgIpc) is 3.05. The van der Waals surface area contributed by atoms with Crippen LogP contribution in [0.2, 0.25) is 0 Å². The van der Waals surface area contributed by atoms with Crippen molar-refractivity contribution < 1.29 is 9.59 Å². The number of aryl methyl sites for hydroxylation is 1. The normalized spacial score (nSPS) is 22.1. The zero-order valence-corrected chi connectivity index (χ0v) is 11.5. The van der Waals surface area contributed by atoms with Gasteiger partial charge in [0, 0.05) is 31.7 Å². The third-order valence-electron chi connectivity index (χ3n) is 3.70. The van der Waals surface area contributed by atoms with Crippen molar-refractivity contribution in [2.45, 2.75) is 44.8 Å². The Morgan fingerprint density at radius 3 is 2.95 bits per heavy atom. The first-order valence-corrected chi connectivity index (χ1v) is 7.05. The number of carbonyl (C=O) groups is 2. The molecule has 1 aliphatic carbocycles. The molecular weight excluding hydrogens is 258 g/mol. The maximum atomic E-state index is 11.9. The van der Waals surface area contributed by atoms with Gasteiger partial charge >= 0.3 is 6.03 Å². The molecule has 2 N–H and O–H groups in total. The van der Waals surface area contributed by atoms with Crippen molar-refractivity contribution in [3.63, 3.8) is 0 Å². The lowest BCUT2D eigenvalue weighted by Gasteiger charge is -2.16. The number of hydrogen-bond acceptors (Lipinski definition) is 3. The summed E-state index contributed by atoms with van der Waals surface area (Å²) >= 11 is 0. The highest BCUT2D eigenvalue weighted by molar-refractivity contribution is 5.90. The Hall–Kier alpha value is -2.05. The third-order valence-corrected chi connectivity index (χ3v) is 3.70. The quantitative estimate of drug-likeness (QED) is 0.854. The molecule has 3 rings (SSSR count). The van der Waals surface area contributed by atoms with Gasteiger partial charge < -0.3 is 15.5 Å². The first kappa shape index (κ1) is 13.0. The van der Waals surface area contributed by atoms with Gasteiger partial charge in [0.25, 0.3) is 0 Å². The molecule has 108 valence electrons. The molecule has 0 aromatic carbocycles. The molecule has 7 heteroatoms. The van der Waals surface area contributed by atoms with Crippen LogP contribution in [-0.2, 0) is 11.3 Å². The van der Waals surface area contributed by atoms with Gasteiger partial charge in [-0.2, -0.15) is 5.10 Å². The number of hydrogen-bond donors (Lipinski definition) is 2. The van der Waals surface area contributed by atoms with E-state index < -0.39 is 0 Å². The Bertz CT molecular complexity index is 523. The predicted octanol–water partition coefficient (Wildman–Crippen LogP) is 0.788. The van der Waals surface area contributed by atoms with E-state index in [4.69, 9.17) is 0 Å². The average molecular weight is 277 g/mol. The zero-order chi connectivity index (χ0) is 14.1. The van der Waals surface area contributed by atoms with E-state index in [9.17, 15) is 9.59 Å². The summed E-state index contributed by atoms with van der Waals surface area (Å²) in [5, 5.41) is 9.67. The van der Waals surface area contributed by atoms with E-state index in [0.29, 0.717) is 24.7 Å². The first-order chi connectivity index (χ1) is 9.65. The molecule has 0 radical (unpaired) electrons. The second-order valence-electron chi connectivity index (χ2n) is 5.36. The number of rotatable bonds is 4. The van der Waals surface area contributed by atoms with Gasteiger partial charge in [0.2, 0.25) is 5.91 Å². The molecule has 2 aliphatic rings. The Morgan fingerprint density at radius 1 is 1.50 bits per heavy atom. The molecule has 3 amide bonds. The number of nitrogens with one attached hydrogen (secondary N) is 2. The van der Waals surface area contributed by atoms with Crippen LogP contribution < -0.4 is 10.6 Å². The van der Waals surface area contributed by atoms with Gasteiger partial charge in [-0.3, -0.25) is 9.48 Å². The molecule has 1 aromatic heterocycles. The molecular formula is C13H19N5O2. The molecule has 1 aliphatic heterocycles. The number of aromatic nitrogens is 2. The molecule has 1 atom stereocenters. The smallest absolute Gasteiger partial charge is 0.319 e. The van der Waals surface area contributed by atoms with E-state index in [1.807, 2.05) is 11.8 Å². The minimum Gasteiger partial charge on any atom is -0.338 e. The Labute approximate surface area is 117 Å². The van der Waals surface area contributed by atoms with E-state index in [1.54, 1.807) is 17.1 Å². The number of nitrogens with zero attached hydrogens (tertiary/aromatic N) is 3. The van der Waals surface area contributed by atoms with Gasteiger partial charge in [-0.15, -0.1) is 0 Å². The standard InChI is InChI=1S/C13H19N5O2/c1-2-17-7-10(6-14-17)16-13(20)15-9-5-12(19)18(8-9)11-3-4-11/h6-7,9,11H,2-5,8H2,1H3,(H2,15,16,20). The van der Waals surface area contributed by atoms with E-state index in [2.05, 4.69) is 15.7 Å². The maximum absolute atomic E-state index is 11.9. The highest BCUT2D eigenvalue weighted by Gasteiger charge is 2.39. The maximum Gasteiger partial charge on any atom is 0.319 e. The Kier molecular flexibility index (Phi) is 3.33. The van der Waals surface area contributed by atoms with Crippen LogP contribution in [-0.4, -0.2) is 45.2 Å². The largest absolute Gasteiger partial charge is 0.338 e. The Balaban J connectivity index is 1.50. The van der Waals surface area contributed by atoms with Crippen molar-refractivity contribution in [1.29, 1.82) is 0 Å². The zero-order valence-electron chi connectivity index (χ0n) is 11.5. The van der Waals surface area contributed by atoms with Gasteiger partial charge in [0.05, 0.1) is 17.9 Å². The van der Waals surface area contributed by atoms with E-state index in [1.165, 1.54) is 0 Å². The van der Waals surface area contributed by atoms with Crippen molar-refractivity contribution >= 4 is 17.6 Å². The second-order valence-corrected chi connectivity index (χ2v) is 5.36. The van der Waals surface area contributed by atoms with Crippen LogP contribution in [0.15, 0.2) is 12.4 Å². The van der Waals surface area contributed by atoms with Crippen LogP contribution in [0.3, 0.4) is 0 Å².